The van der Waals surface area contributed by atoms with Crippen molar-refractivity contribution in [3.8, 4) is 0 Å². The van der Waals surface area contributed by atoms with Crippen LogP contribution in [0.1, 0.15) is 64.1 Å². The first-order valence-electron chi connectivity index (χ1n) is 9.10. The number of hydrogen-bond acceptors (Lipinski definition) is 3. The van der Waals surface area contributed by atoms with Gasteiger partial charge in [0.2, 0.25) is 5.91 Å². The van der Waals surface area contributed by atoms with Gasteiger partial charge in [0.25, 0.3) is 0 Å². The topological polar surface area (TPSA) is 72.9 Å². The molecule has 1 aromatic rings. The van der Waals surface area contributed by atoms with E-state index in [9.17, 15) is 4.79 Å². The molecule has 0 saturated heterocycles. The van der Waals surface area contributed by atoms with Crippen molar-refractivity contribution in [3.05, 3.63) is 18.2 Å². The van der Waals surface area contributed by atoms with Gasteiger partial charge >= 0.3 is 0 Å². The fraction of sp³-hybridized carbons (Fsp3) is 0.778. The molecule has 2 atom stereocenters. The molecular formula is C18H32Cl2N4O. The van der Waals surface area contributed by atoms with Crippen molar-refractivity contribution in [1.29, 1.82) is 0 Å². The molecule has 0 aliphatic heterocycles. The van der Waals surface area contributed by atoms with Gasteiger partial charge in [0.05, 0.1) is 0 Å². The number of carbonyl (C=O) groups excluding carboxylic acids is 1. The van der Waals surface area contributed by atoms with Gasteiger partial charge in [-0.2, -0.15) is 0 Å². The molecule has 2 bridgehead atoms. The highest BCUT2D eigenvalue weighted by Gasteiger charge is 2.39. The van der Waals surface area contributed by atoms with E-state index in [1.54, 1.807) is 0 Å². The molecule has 0 spiro atoms. The minimum atomic E-state index is 0. The lowest BCUT2D eigenvalue weighted by molar-refractivity contribution is -0.123. The first-order chi connectivity index (χ1) is 11.0. The average molecular weight is 391 g/mol. The summed E-state index contributed by atoms with van der Waals surface area (Å²) in [7, 11) is 0. The Kier molecular flexibility index (Phi) is 8.72. The standard InChI is InChI=1S/C18H30N4O.2ClH/c1-12(2)18-20-7-9-22(18)8-6-16(23)21-17-13-4-3-5-14(17)11-15(19)10-13;;/h7,9,12-15,17H,3-6,8,10-11,19H2,1-2H3,(H,21,23);2*1H. The van der Waals surface area contributed by atoms with Gasteiger partial charge in [0.1, 0.15) is 5.82 Å². The molecule has 2 fully saturated rings. The fourth-order valence-electron chi connectivity index (χ4n) is 4.52. The van der Waals surface area contributed by atoms with Crippen LogP contribution in [0.25, 0.3) is 0 Å². The Morgan fingerprint density at radius 1 is 1.32 bits per heavy atom. The SMILES string of the molecule is CC(C)c1nccn1CCC(=O)NC1C2CCCC1CC(N)C2.Cl.Cl. The minimum Gasteiger partial charge on any atom is -0.353 e. The number of imidazole rings is 1. The monoisotopic (exact) mass is 390 g/mol. The van der Waals surface area contributed by atoms with E-state index in [0.29, 0.717) is 42.8 Å². The Morgan fingerprint density at radius 3 is 2.56 bits per heavy atom. The summed E-state index contributed by atoms with van der Waals surface area (Å²) in [6, 6.07) is 0.682. The molecule has 2 aliphatic rings. The zero-order valence-electron chi connectivity index (χ0n) is 15.2. The van der Waals surface area contributed by atoms with E-state index in [2.05, 4.69) is 28.7 Å². The molecule has 3 N–H and O–H groups in total. The van der Waals surface area contributed by atoms with Gasteiger partial charge in [-0.1, -0.05) is 20.3 Å². The van der Waals surface area contributed by atoms with Gasteiger partial charge in [-0.15, -0.1) is 24.8 Å². The first-order valence-corrected chi connectivity index (χ1v) is 9.10. The second kappa shape index (κ2) is 9.79. The highest BCUT2D eigenvalue weighted by atomic mass is 35.5. The normalized spacial score (nSPS) is 28.0. The third-order valence-corrected chi connectivity index (χ3v) is 5.55. The van der Waals surface area contributed by atoms with Crippen LogP contribution >= 0.6 is 24.8 Å². The lowest BCUT2D eigenvalue weighted by Crippen LogP contribution is -2.53. The van der Waals surface area contributed by atoms with Crippen molar-refractivity contribution >= 4 is 30.7 Å². The van der Waals surface area contributed by atoms with Crippen LogP contribution in [0.2, 0.25) is 0 Å². The Bertz CT molecular complexity index is 535. The largest absolute Gasteiger partial charge is 0.353 e. The van der Waals surface area contributed by atoms with Crippen molar-refractivity contribution in [2.75, 3.05) is 0 Å². The number of nitrogens with one attached hydrogen (secondary N) is 1. The van der Waals surface area contributed by atoms with Crippen LogP contribution in [-0.2, 0) is 11.3 Å². The van der Waals surface area contributed by atoms with Crippen LogP contribution in [0.3, 0.4) is 0 Å². The van der Waals surface area contributed by atoms with E-state index < -0.39 is 0 Å². The Balaban J connectivity index is 0.00000156. The molecule has 25 heavy (non-hydrogen) atoms. The summed E-state index contributed by atoms with van der Waals surface area (Å²) in [6.07, 6.45) is 10.2. The van der Waals surface area contributed by atoms with Gasteiger partial charge < -0.3 is 15.6 Å². The van der Waals surface area contributed by atoms with E-state index >= 15 is 0 Å². The molecule has 2 saturated carbocycles. The molecule has 2 unspecified atom stereocenters. The van der Waals surface area contributed by atoms with Crippen LogP contribution in [0, 0.1) is 11.8 Å². The summed E-state index contributed by atoms with van der Waals surface area (Å²) in [5.41, 5.74) is 6.16. The van der Waals surface area contributed by atoms with E-state index in [4.69, 9.17) is 5.73 Å². The number of fused-ring (bicyclic) bond motifs is 2. The highest BCUT2D eigenvalue weighted by Crippen LogP contribution is 2.39. The number of amides is 1. The third kappa shape index (κ3) is 5.35. The van der Waals surface area contributed by atoms with Crippen molar-refractivity contribution < 1.29 is 4.79 Å². The molecule has 1 heterocycles. The maximum absolute atomic E-state index is 12.4. The quantitative estimate of drug-likeness (QED) is 0.809. The van der Waals surface area contributed by atoms with Gasteiger partial charge in [-0.3, -0.25) is 4.79 Å². The van der Waals surface area contributed by atoms with Gasteiger partial charge in [0.15, 0.2) is 0 Å². The number of halogens is 2. The summed E-state index contributed by atoms with van der Waals surface area (Å²) in [6.45, 7) is 4.97. The van der Waals surface area contributed by atoms with Crippen LogP contribution in [0.5, 0.6) is 0 Å². The molecule has 0 aromatic carbocycles. The molecule has 144 valence electrons. The molecule has 1 aromatic heterocycles. The van der Waals surface area contributed by atoms with Crippen molar-refractivity contribution in [2.24, 2.45) is 17.6 Å². The lowest BCUT2D eigenvalue weighted by Gasteiger charge is -2.45. The maximum atomic E-state index is 12.4. The van der Waals surface area contributed by atoms with E-state index in [1.807, 2.05) is 12.4 Å². The number of hydrogen-bond donors (Lipinski definition) is 2. The molecule has 0 radical (unpaired) electrons. The van der Waals surface area contributed by atoms with Crippen LogP contribution in [-0.4, -0.2) is 27.5 Å². The predicted octanol–water partition coefficient (Wildman–Crippen LogP) is 3.26. The molecule has 3 rings (SSSR count). The van der Waals surface area contributed by atoms with Crippen LogP contribution in [0.4, 0.5) is 0 Å². The number of nitrogens with zero attached hydrogens (tertiary/aromatic N) is 2. The summed E-state index contributed by atoms with van der Waals surface area (Å²) in [5, 5.41) is 3.32. The molecule has 1 amide bonds. The molecule has 5 nitrogen and oxygen atoms in total. The second-order valence-electron chi connectivity index (χ2n) is 7.66. The summed E-state index contributed by atoms with van der Waals surface area (Å²) >= 11 is 0. The summed E-state index contributed by atoms with van der Waals surface area (Å²) in [4.78, 5) is 16.8. The number of carbonyl (C=O) groups is 1. The molecular weight excluding hydrogens is 359 g/mol. The zero-order chi connectivity index (χ0) is 16.4. The van der Waals surface area contributed by atoms with Gasteiger partial charge in [-0.05, 0) is 37.5 Å². The average Bonchev–Trinajstić information content (AvgIpc) is 2.95. The number of aromatic nitrogens is 2. The van der Waals surface area contributed by atoms with Crippen molar-refractivity contribution in [1.82, 2.24) is 14.9 Å². The van der Waals surface area contributed by atoms with Crippen molar-refractivity contribution in [2.45, 2.75) is 76.9 Å². The summed E-state index contributed by atoms with van der Waals surface area (Å²) in [5.74, 6) is 2.78. The van der Waals surface area contributed by atoms with Crippen LogP contribution in [0.15, 0.2) is 12.4 Å². The number of nitrogens with two attached hydrogens (primary N) is 1. The van der Waals surface area contributed by atoms with E-state index in [0.717, 1.165) is 18.7 Å². The Hall–Kier alpha value is -0.780. The number of aryl methyl sites for hydroxylation is 1. The van der Waals surface area contributed by atoms with Crippen LogP contribution < -0.4 is 11.1 Å². The van der Waals surface area contributed by atoms with Crippen molar-refractivity contribution in [3.63, 3.8) is 0 Å². The zero-order valence-corrected chi connectivity index (χ0v) is 16.8. The Labute approximate surface area is 163 Å². The van der Waals surface area contributed by atoms with Gasteiger partial charge in [-0.25, -0.2) is 4.98 Å². The molecule has 2 aliphatic carbocycles. The number of rotatable bonds is 5. The maximum Gasteiger partial charge on any atom is 0.222 e. The van der Waals surface area contributed by atoms with E-state index in [1.165, 1.54) is 19.3 Å². The smallest absolute Gasteiger partial charge is 0.222 e. The predicted molar refractivity (Wildman–Crippen MR) is 105 cm³/mol. The first kappa shape index (κ1) is 22.3. The Morgan fingerprint density at radius 2 is 1.96 bits per heavy atom. The second-order valence-corrected chi connectivity index (χ2v) is 7.66. The highest BCUT2D eigenvalue weighted by molar-refractivity contribution is 5.85. The molecule has 7 heteroatoms. The van der Waals surface area contributed by atoms with E-state index in [-0.39, 0.29) is 30.7 Å². The lowest BCUT2D eigenvalue weighted by atomic mass is 9.67. The third-order valence-electron chi connectivity index (χ3n) is 5.55. The fourth-order valence-corrected chi connectivity index (χ4v) is 4.52. The van der Waals surface area contributed by atoms with Gasteiger partial charge in [0, 0.05) is 43.4 Å². The minimum absolute atomic E-state index is 0. The summed E-state index contributed by atoms with van der Waals surface area (Å²) < 4.78 is 2.10.